The standard InChI is InChI=1S/C9H9O.3CO.Co/c10-8-4-7-9-5-2-1-3-6-9;3*1-2;/h1-8,10H;;;;. The average molecular weight is 276 g/mol. The zero-order valence-electron chi connectivity index (χ0n) is 8.62. The average Bonchev–Trinajstić information content (AvgIpc) is 2.44. The fourth-order valence-electron chi connectivity index (χ4n) is 0.718. The van der Waals surface area contributed by atoms with E-state index in [1.165, 1.54) is 0 Å². The summed E-state index contributed by atoms with van der Waals surface area (Å²) >= 11 is 0. The Morgan fingerprint density at radius 1 is 0.882 bits per heavy atom. The van der Waals surface area contributed by atoms with Crippen molar-refractivity contribution >= 4 is 0 Å². The van der Waals surface area contributed by atoms with Gasteiger partial charge in [-0.1, -0.05) is 30.3 Å². The molecule has 0 atom stereocenters. The molecule has 0 heterocycles. The minimum atomic E-state index is 0. The quantitative estimate of drug-likeness (QED) is 0.663. The largest absolute Gasteiger partial charge is 0 e. The van der Waals surface area contributed by atoms with Gasteiger partial charge in [0.2, 0.25) is 0 Å². The number of hydrogen-bond acceptors (Lipinski definition) is 1. The maximum absolute atomic E-state index is 8.32. The van der Waals surface area contributed by atoms with Gasteiger partial charge in [0.15, 0.2) is 0 Å². The van der Waals surface area contributed by atoms with E-state index in [2.05, 4.69) is 20.0 Å². The van der Waals surface area contributed by atoms with E-state index >= 15 is 0 Å². The summed E-state index contributed by atoms with van der Waals surface area (Å²) < 4.78 is 22.5. The van der Waals surface area contributed by atoms with Gasteiger partial charge in [-0.25, -0.2) is 0 Å². The normalized spacial score (nSPS) is 6.06. The van der Waals surface area contributed by atoms with Gasteiger partial charge in [-0.15, -0.1) is 0 Å². The molecule has 1 aromatic rings. The molecule has 0 spiro atoms. The van der Waals surface area contributed by atoms with Crippen LogP contribution >= 0.6 is 0 Å². The van der Waals surface area contributed by atoms with Crippen LogP contribution < -0.4 is 0 Å². The maximum Gasteiger partial charge on any atom is 0 e. The van der Waals surface area contributed by atoms with Crippen molar-refractivity contribution in [3.63, 3.8) is 0 Å². The molecule has 0 aliphatic heterocycles. The molecule has 17 heavy (non-hydrogen) atoms. The van der Waals surface area contributed by atoms with Crippen molar-refractivity contribution in [2.75, 3.05) is 0 Å². The van der Waals surface area contributed by atoms with Crippen LogP contribution in [0.5, 0.6) is 0 Å². The SMILES string of the molecule is O[CH][CH][CH]c1ccccc1.[C-]#[O+].[C-]#[O+].[C-]#[O+].[Co]. The van der Waals surface area contributed by atoms with E-state index in [1.807, 2.05) is 36.8 Å². The van der Waals surface area contributed by atoms with Gasteiger partial charge in [0, 0.05) is 23.2 Å². The van der Waals surface area contributed by atoms with Crippen LogP contribution in [-0.4, -0.2) is 5.11 Å². The van der Waals surface area contributed by atoms with E-state index in [4.69, 9.17) is 19.1 Å². The van der Waals surface area contributed by atoms with Crippen molar-refractivity contribution in [1.29, 1.82) is 0 Å². The van der Waals surface area contributed by atoms with Gasteiger partial charge in [-0.3, -0.25) is 0 Å². The fourth-order valence-corrected chi connectivity index (χ4v) is 0.718. The zero-order valence-corrected chi connectivity index (χ0v) is 9.67. The molecule has 0 saturated carbocycles. The van der Waals surface area contributed by atoms with Crippen molar-refractivity contribution in [3.05, 3.63) is 75.3 Å². The van der Waals surface area contributed by atoms with Crippen LogP contribution in [-0.2, 0) is 30.7 Å². The molecular weight excluding hydrogens is 267 g/mol. The summed E-state index contributed by atoms with van der Waals surface area (Å²) in [6.07, 6.45) is 3.43. The second-order valence-corrected chi connectivity index (χ2v) is 1.92. The molecule has 4 nitrogen and oxygen atoms in total. The summed E-state index contributed by atoms with van der Waals surface area (Å²) in [7, 11) is 0. The summed E-state index contributed by atoms with van der Waals surface area (Å²) in [6, 6.07) is 9.81. The monoisotopic (exact) mass is 276 g/mol. The molecule has 4 radical (unpaired) electrons. The van der Waals surface area contributed by atoms with E-state index in [-0.39, 0.29) is 16.8 Å². The first kappa shape index (κ1) is 24.9. The van der Waals surface area contributed by atoms with Crippen LogP contribution in [0.25, 0.3) is 0 Å². The predicted octanol–water partition coefficient (Wildman–Crippen LogP) is 1.86. The van der Waals surface area contributed by atoms with E-state index in [0.717, 1.165) is 12.2 Å². The molecule has 0 aromatic heterocycles. The summed E-state index contributed by atoms with van der Waals surface area (Å²) in [5, 5.41) is 8.32. The second-order valence-electron chi connectivity index (χ2n) is 1.92. The molecule has 0 aliphatic carbocycles. The molecule has 1 N–H and O–H groups in total. The summed E-state index contributed by atoms with van der Waals surface area (Å²) in [5.74, 6) is 0. The molecule has 1 aromatic carbocycles. The maximum atomic E-state index is 8.32. The first-order valence-corrected chi connectivity index (χ1v) is 3.74. The van der Waals surface area contributed by atoms with Gasteiger partial charge in [0.1, 0.15) is 0 Å². The molecule has 0 aliphatic rings. The van der Waals surface area contributed by atoms with E-state index in [1.54, 1.807) is 6.42 Å². The number of rotatable bonds is 3. The summed E-state index contributed by atoms with van der Waals surface area (Å²) in [6.45, 7) is 14.5. The van der Waals surface area contributed by atoms with Crippen molar-refractivity contribution < 1.29 is 35.8 Å². The molecule has 5 heteroatoms. The third-order valence-electron chi connectivity index (χ3n) is 1.17. The van der Waals surface area contributed by atoms with Crippen LogP contribution in [0.15, 0.2) is 30.3 Å². The number of hydrogen-bond donors (Lipinski definition) is 1. The van der Waals surface area contributed by atoms with Crippen LogP contribution in [0.3, 0.4) is 0 Å². The van der Waals surface area contributed by atoms with Crippen molar-refractivity contribution in [1.82, 2.24) is 0 Å². The number of benzene rings is 1. The number of aliphatic hydroxyl groups excluding tert-OH is 1. The van der Waals surface area contributed by atoms with Crippen LogP contribution in [0, 0.1) is 39.4 Å². The Balaban J connectivity index is -0.000000106. The molecule has 0 saturated heterocycles. The van der Waals surface area contributed by atoms with Gasteiger partial charge in [0.05, 0.1) is 6.61 Å². The van der Waals surface area contributed by atoms with Gasteiger partial charge in [-0.2, -0.15) is 0 Å². The Morgan fingerprint density at radius 2 is 1.29 bits per heavy atom. The fraction of sp³-hybridized carbons (Fsp3) is 0. The Labute approximate surface area is 111 Å². The van der Waals surface area contributed by atoms with E-state index in [0.29, 0.717) is 0 Å². The molecule has 1 rings (SSSR count). The molecule has 0 fully saturated rings. The van der Waals surface area contributed by atoms with Crippen LogP contribution in [0.1, 0.15) is 5.56 Å². The van der Waals surface area contributed by atoms with Crippen molar-refractivity contribution in [2.45, 2.75) is 0 Å². The molecule has 0 amide bonds. The first-order valence-electron chi connectivity index (χ1n) is 3.74. The first-order chi connectivity index (χ1) is 7.93. The Morgan fingerprint density at radius 3 is 1.65 bits per heavy atom. The van der Waals surface area contributed by atoms with Crippen LogP contribution in [0.4, 0.5) is 0 Å². The Kier molecular flexibility index (Phi) is 43.1. The minimum absolute atomic E-state index is 0. The molecule has 0 unspecified atom stereocenters. The molecular formula is C12H9CoO4. The van der Waals surface area contributed by atoms with Crippen molar-refractivity contribution in [3.8, 4) is 0 Å². The second kappa shape index (κ2) is 29.4. The summed E-state index contributed by atoms with van der Waals surface area (Å²) in [5.41, 5.74) is 1.09. The third-order valence-corrected chi connectivity index (χ3v) is 1.17. The van der Waals surface area contributed by atoms with E-state index in [9.17, 15) is 0 Å². The van der Waals surface area contributed by atoms with Crippen molar-refractivity contribution in [2.24, 2.45) is 0 Å². The number of aliphatic hydroxyl groups is 1. The molecule has 90 valence electrons. The topological polar surface area (TPSA) is 79.9 Å². The Bertz CT molecular complexity index is 265. The predicted molar refractivity (Wildman–Crippen MR) is 52.2 cm³/mol. The Hall–Kier alpha value is -1.09. The molecule has 0 bridgehead atoms. The van der Waals surface area contributed by atoms with E-state index < -0.39 is 0 Å². The third kappa shape index (κ3) is 20.9. The zero-order chi connectivity index (χ0) is 13.2. The minimum Gasteiger partial charge on any atom is 0 e. The van der Waals surface area contributed by atoms with Gasteiger partial charge in [-0.05, 0) is 12.0 Å². The van der Waals surface area contributed by atoms with Gasteiger partial charge < -0.3 is 5.11 Å². The summed E-state index contributed by atoms with van der Waals surface area (Å²) in [4.78, 5) is 0. The van der Waals surface area contributed by atoms with Crippen LogP contribution in [0.2, 0.25) is 0 Å². The van der Waals surface area contributed by atoms with Gasteiger partial charge >= 0.3 is 33.9 Å². The smallest absolute Gasteiger partial charge is 0 e. The van der Waals surface area contributed by atoms with Gasteiger partial charge in [0.25, 0.3) is 0 Å².